The zero-order valence-corrected chi connectivity index (χ0v) is 23.1. The number of hydrogen-bond donors (Lipinski definition) is 2. The van der Waals surface area contributed by atoms with Gasteiger partial charge in [-0.1, -0.05) is 72.4 Å². The number of hydrogen-bond acceptors (Lipinski definition) is 7. The molecule has 1 fully saturated rings. The molecule has 0 spiro atoms. The van der Waals surface area contributed by atoms with Crippen molar-refractivity contribution in [2.75, 3.05) is 16.3 Å². The summed E-state index contributed by atoms with van der Waals surface area (Å²) in [7, 11) is 0. The van der Waals surface area contributed by atoms with Gasteiger partial charge in [0.1, 0.15) is 11.3 Å². The zero-order valence-electron chi connectivity index (χ0n) is 21.4. The third-order valence-corrected chi connectivity index (χ3v) is 8.07. The Labute approximate surface area is 245 Å². The Morgan fingerprint density at radius 3 is 2.05 bits per heavy atom. The number of amides is 3. The average molecular weight is 579 g/mol. The number of phenols is 1. The molecule has 202 valence electrons. The van der Waals surface area contributed by atoms with Crippen molar-refractivity contribution >= 4 is 70.0 Å². The molecular formula is C31H22N4O4S2. The van der Waals surface area contributed by atoms with E-state index < -0.39 is 11.8 Å². The first-order valence-electron chi connectivity index (χ1n) is 12.6. The van der Waals surface area contributed by atoms with Crippen LogP contribution in [-0.2, 0) is 14.4 Å². The quantitative estimate of drug-likeness (QED) is 0.189. The minimum absolute atomic E-state index is 0.0880. The number of para-hydroxylation sites is 4. The molecule has 0 bridgehead atoms. The summed E-state index contributed by atoms with van der Waals surface area (Å²) >= 11 is 7.18. The van der Waals surface area contributed by atoms with Crippen molar-refractivity contribution in [3.05, 3.63) is 114 Å². The van der Waals surface area contributed by atoms with Crippen LogP contribution in [0.15, 0.2) is 118 Å². The van der Waals surface area contributed by atoms with Gasteiger partial charge in [0.15, 0.2) is 0 Å². The molecule has 2 aliphatic rings. The molecule has 2 N–H and O–H groups in total. The van der Waals surface area contributed by atoms with Crippen molar-refractivity contribution in [2.45, 2.75) is 9.79 Å². The lowest BCUT2D eigenvalue weighted by molar-refractivity contribution is -0.130. The first-order valence-corrected chi connectivity index (χ1v) is 13.9. The van der Waals surface area contributed by atoms with E-state index in [9.17, 15) is 19.5 Å². The van der Waals surface area contributed by atoms with Gasteiger partial charge in [0.25, 0.3) is 11.8 Å². The maximum atomic E-state index is 13.8. The summed E-state index contributed by atoms with van der Waals surface area (Å²) in [6.07, 6.45) is 1.32. The number of benzene rings is 4. The van der Waals surface area contributed by atoms with Crippen molar-refractivity contribution < 1.29 is 19.5 Å². The molecule has 0 unspecified atom stereocenters. The van der Waals surface area contributed by atoms with Crippen molar-refractivity contribution in [2.24, 2.45) is 0 Å². The van der Waals surface area contributed by atoms with Crippen molar-refractivity contribution in [3.63, 3.8) is 0 Å². The molecule has 3 amide bonds. The first kappa shape index (κ1) is 26.5. The molecule has 0 radical (unpaired) electrons. The summed E-state index contributed by atoms with van der Waals surface area (Å²) in [6, 6.07) is 30.3. The van der Waals surface area contributed by atoms with Gasteiger partial charge in [-0.25, -0.2) is 10.4 Å². The molecular weight excluding hydrogens is 556 g/mol. The maximum absolute atomic E-state index is 13.8. The highest BCUT2D eigenvalue weighted by atomic mass is 32.2. The number of phenolic OH excluding ortho intramolecular Hbond substituents is 1. The second-order valence-corrected chi connectivity index (χ2v) is 10.6. The van der Waals surface area contributed by atoms with Crippen LogP contribution in [0.3, 0.4) is 0 Å². The monoisotopic (exact) mass is 578 g/mol. The van der Waals surface area contributed by atoms with Gasteiger partial charge in [-0.2, -0.15) is 0 Å². The van der Waals surface area contributed by atoms with Crippen molar-refractivity contribution in [3.8, 4) is 5.75 Å². The van der Waals surface area contributed by atoms with Crippen LogP contribution < -0.4 is 15.2 Å². The fraction of sp³-hybridized carbons (Fsp3) is 0.0323. The Bertz CT molecular complexity index is 1700. The minimum atomic E-state index is -0.738. The lowest BCUT2D eigenvalue weighted by Gasteiger charge is -2.37. The standard InChI is InChI=1S/C31H22N4O4S2/c36-25-15-7-4-10-20(25)18-22-29(38)33(21-11-2-1-3-12-21)31(40)35(30(22)39)32-19-28(37)34-23-13-5-8-16-26(23)41-27-17-9-6-14-24(27)34/h1-18,32,36H,19H2/b22-18-. The van der Waals surface area contributed by atoms with Crippen LogP contribution in [-0.4, -0.2) is 39.5 Å². The number of hydrazine groups is 1. The Morgan fingerprint density at radius 2 is 1.39 bits per heavy atom. The molecule has 0 aromatic heterocycles. The number of anilines is 3. The Kier molecular flexibility index (Phi) is 7.10. The molecule has 4 aromatic carbocycles. The van der Waals surface area contributed by atoms with Gasteiger partial charge in [0.2, 0.25) is 11.0 Å². The lowest BCUT2D eigenvalue weighted by atomic mass is 10.1. The zero-order chi connectivity index (χ0) is 28.5. The smallest absolute Gasteiger partial charge is 0.280 e. The highest BCUT2D eigenvalue weighted by Gasteiger charge is 2.41. The molecule has 0 saturated carbocycles. The van der Waals surface area contributed by atoms with Crippen LogP contribution in [0.25, 0.3) is 6.08 Å². The molecule has 8 nitrogen and oxygen atoms in total. The van der Waals surface area contributed by atoms with E-state index in [2.05, 4.69) is 5.43 Å². The highest BCUT2D eigenvalue weighted by molar-refractivity contribution is 7.99. The molecule has 2 heterocycles. The minimum Gasteiger partial charge on any atom is -0.507 e. The van der Waals surface area contributed by atoms with Crippen LogP contribution in [0, 0.1) is 0 Å². The summed E-state index contributed by atoms with van der Waals surface area (Å²) in [4.78, 5) is 45.7. The van der Waals surface area contributed by atoms with Crippen molar-refractivity contribution in [1.82, 2.24) is 10.4 Å². The number of rotatable bonds is 5. The predicted molar refractivity (Wildman–Crippen MR) is 162 cm³/mol. The topological polar surface area (TPSA) is 93.2 Å². The third-order valence-electron chi connectivity index (χ3n) is 6.57. The van der Waals surface area contributed by atoms with Gasteiger partial charge in [0, 0.05) is 15.4 Å². The average Bonchev–Trinajstić information content (AvgIpc) is 2.99. The van der Waals surface area contributed by atoms with Gasteiger partial charge in [0.05, 0.1) is 23.6 Å². The first-order chi connectivity index (χ1) is 19.9. The Morgan fingerprint density at radius 1 is 0.805 bits per heavy atom. The summed E-state index contributed by atoms with van der Waals surface area (Å²) in [6.45, 7) is -0.292. The van der Waals surface area contributed by atoms with E-state index in [-0.39, 0.29) is 28.9 Å². The van der Waals surface area contributed by atoms with Crippen LogP contribution in [0.2, 0.25) is 0 Å². The normalized spacial score (nSPS) is 15.7. The van der Waals surface area contributed by atoms with E-state index >= 15 is 0 Å². The summed E-state index contributed by atoms with van der Waals surface area (Å²) < 4.78 is 0. The van der Waals surface area contributed by atoms with Gasteiger partial charge < -0.3 is 5.11 Å². The number of nitrogens with zero attached hydrogens (tertiary/aromatic N) is 3. The van der Waals surface area contributed by atoms with Crippen LogP contribution in [0.5, 0.6) is 5.75 Å². The molecule has 10 heteroatoms. The summed E-state index contributed by atoms with van der Waals surface area (Å²) in [5.41, 5.74) is 4.86. The third kappa shape index (κ3) is 4.89. The molecule has 41 heavy (non-hydrogen) atoms. The van der Waals surface area contributed by atoms with E-state index in [0.29, 0.717) is 11.3 Å². The second-order valence-electron chi connectivity index (χ2n) is 9.12. The van der Waals surface area contributed by atoms with Gasteiger partial charge >= 0.3 is 0 Å². The molecule has 0 atom stereocenters. The second kappa shape index (κ2) is 11.0. The fourth-order valence-electron chi connectivity index (χ4n) is 4.64. The molecule has 1 saturated heterocycles. The largest absolute Gasteiger partial charge is 0.507 e. The molecule has 0 aliphatic carbocycles. The summed E-state index contributed by atoms with van der Waals surface area (Å²) in [5, 5.41) is 11.2. The van der Waals surface area contributed by atoms with Crippen molar-refractivity contribution in [1.29, 1.82) is 0 Å². The van der Waals surface area contributed by atoms with Gasteiger partial charge in [-0.05, 0) is 60.8 Å². The molecule has 2 aliphatic heterocycles. The van der Waals surface area contributed by atoms with E-state index in [1.165, 1.54) is 17.0 Å². The predicted octanol–water partition coefficient (Wildman–Crippen LogP) is 5.27. The maximum Gasteiger partial charge on any atom is 0.280 e. The van der Waals surface area contributed by atoms with E-state index in [1.807, 2.05) is 48.5 Å². The summed E-state index contributed by atoms with van der Waals surface area (Å²) in [5.74, 6) is -1.79. The SMILES string of the molecule is O=C1/C(=C\c2ccccc2O)C(=O)N(c2ccccc2)C(=S)N1NCC(=O)N1c2ccccc2Sc2ccccc21. The van der Waals surface area contributed by atoms with E-state index in [4.69, 9.17) is 12.2 Å². The number of aromatic hydroxyl groups is 1. The number of fused-ring (bicyclic) bond motifs is 2. The van der Waals surface area contributed by atoms with Crippen LogP contribution in [0.1, 0.15) is 5.56 Å². The highest BCUT2D eigenvalue weighted by Crippen LogP contribution is 2.47. The Balaban J connectivity index is 1.34. The molecule has 4 aromatic rings. The number of nitrogens with one attached hydrogen (secondary N) is 1. The van der Waals surface area contributed by atoms with Crippen LogP contribution in [0.4, 0.5) is 17.1 Å². The number of carbonyl (C=O) groups excluding carboxylic acids is 3. The van der Waals surface area contributed by atoms with E-state index in [0.717, 1.165) is 26.2 Å². The lowest BCUT2D eigenvalue weighted by Crippen LogP contribution is -2.62. The van der Waals surface area contributed by atoms with Gasteiger partial charge in [-0.15, -0.1) is 0 Å². The van der Waals surface area contributed by atoms with Gasteiger partial charge in [-0.3, -0.25) is 24.2 Å². The Hall–Kier alpha value is -4.77. The molecule has 6 rings (SSSR count). The number of carbonyl (C=O) groups is 3. The van der Waals surface area contributed by atoms with E-state index in [1.54, 1.807) is 65.2 Å². The number of thiocarbonyl (C=S) groups is 1. The van der Waals surface area contributed by atoms with Crippen LogP contribution >= 0.6 is 24.0 Å². The fourth-order valence-corrected chi connectivity index (χ4v) is 6.03.